The van der Waals surface area contributed by atoms with Crippen LogP contribution in [0.2, 0.25) is 0 Å². The van der Waals surface area contributed by atoms with Crippen molar-refractivity contribution in [1.82, 2.24) is 4.98 Å². The lowest BCUT2D eigenvalue weighted by atomic mass is 10.3. The standard InChI is InChI=1S/C12H11FIN3/c1-15-9-5-10(7-16-6-9)17-12-3-2-8(13)4-11(12)14/h2-7,15,17H,1H3. The smallest absolute Gasteiger partial charge is 0.124 e. The molecule has 5 heteroatoms. The van der Waals surface area contributed by atoms with Gasteiger partial charge >= 0.3 is 0 Å². The number of pyridine rings is 1. The summed E-state index contributed by atoms with van der Waals surface area (Å²) < 4.78 is 13.8. The molecule has 0 saturated carbocycles. The van der Waals surface area contributed by atoms with Gasteiger partial charge < -0.3 is 10.6 Å². The minimum absolute atomic E-state index is 0.234. The number of hydrogen-bond acceptors (Lipinski definition) is 3. The van der Waals surface area contributed by atoms with Crippen LogP contribution in [-0.2, 0) is 0 Å². The van der Waals surface area contributed by atoms with Crippen LogP contribution in [-0.4, -0.2) is 12.0 Å². The van der Waals surface area contributed by atoms with E-state index in [0.717, 1.165) is 20.6 Å². The van der Waals surface area contributed by atoms with Gasteiger partial charge in [-0.2, -0.15) is 0 Å². The molecule has 3 nitrogen and oxygen atoms in total. The highest BCUT2D eigenvalue weighted by Gasteiger charge is 2.02. The molecule has 0 aliphatic rings. The van der Waals surface area contributed by atoms with Crippen LogP contribution in [0.25, 0.3) is 0 Å². The minimum Gasteiger partial charge on any atom is -0.387 e. The highest BCUT2D eigenvalue weighted by Crippen LogP contribution is 2.24. The summed E-state index contributed by atoms with van der Waals surface area (Å²) >= 11 is 2.09. The number of anilines is 3. The molecule has 0 aliphatic heterocycles. The number of rotatable bonds is 3. The highest BCUT2D eigenvalue weighted by atomic mass is 127. The Kier molecular flexibility index (Phi) is 3.78. The number of nitrogens with one attached hydrogen (secondary N) is 2. The molecule has 0 spiro atoms. The van der Waals surface area contributed by atoms with Gasteiger partial charge in [0.2, 0.25) is 0 Å². The maximum Gasteiger partial charge on any atom is 0.124 e. The third-order valence-electron chi connectivity index (χ3n) is 2.24. The van der Waals surface area contributed by atoms with Crippen LogP contribution in [0.4, 0.5) is 21.5 Å². The largest absolute Gasteiger partial charge is 0.387 e. The van der Waals surface area contributed by atoms with Crippen molar-refractivity contribution in [1.29, 1.82) is 0 Å². The summed E-state index contributed by atoms with van der Waals surface area (Å²) in [7, 11) is 1.84. The predicted octanol–water partition coefficient (Wildman–Crippen LogP) is 3.61. The summed E-state index contributed by atoms with van der Waals surface area (Å²) in [6.07, 6.45) is 3.46. The Balaban J connectivity index is 2.25. The number of hydrogen-bond donors (Lipinski definition) is 2. The maximum atomic E-state index is 13.0. The normalized spacial score (nSPS) is 10.1. The van der Waals surface area contributed by atoms with Gasteiger partial charge in [-0.1, -0.05) is 0 Å². The molecule has 17 heavy (non-hydrogen) atoms. The summed E-state index contributed by atoms with van der Waals surface area (Å²) in [5, 5.41) is 6.21. The average Bonchev–Trinajstić information content (AvgIpc) is 2.33. The van der Waals surface area contributed by atoms with Gasteiger partial charge in [-0.25, -0.2) is 4.39 Å². The number of nitrogens with zero attached hydrogens (tertiary/aromatic N) is 1. The second kappa shape index (κ2) is 5.31. The van der Waals surface area contributed by atoms with E-state index in [2.05, 4.69) is 38.2 Å². The van der Waals surface area contributed by atoms with Crippen molar-refractivity contribution in [3.05, 3.63) is 46.0 Å². The van der Waals surface area contributed by atoms with Crippen LogP contribution >= 0.6 is 22.6 Å². The summed E-state index contributed by atoms with van der Waals surface area (Å²) in [5.74, 6) is -0.234. The molecule has 0 saturated heterocycles. The molecule has 2 N–H and O–H groups in total. The van der Waals surface area contributed by atoms with Crippen LogP contribution in [0.15, 0.2) is 36.7 Å². The molecule has 0 atom stereocenters. The van der Waals surface area contributed by atoms with Gasteiger partial charge in [0.15, 0.2) is 0 Å². The van der Waals surface area contributed by atoms with Crippen LogP contribution < -0.4 is 10.6 Å². The number of halogens is 2. The Morgan fingerprint density at radius 3 is 2.65 bits per heavy atom. The van der Waals surface area contributed by atoms with E-state index in [-0.39, 0.29) is 5.82 Å². The summed E-state index contributed by atoms with van der Waals surface area (Å²) in [5.41, 5.74) is 2.65. The van der Waals surface area contributed by atoms with Crippen molar-refractivity contribution in [2.75, 3.05) is 17.7 Å². The van der Waals surface area contributed by atoms with E-state index in [1.807, 2.05) is 13.1 Å². The first-order valence-corrected chi connectivity index (χ1v) is 6.12. The van der Waals surface area contributed by atoms with Crippen molar-refractivity contribution in [2.45, 2.75) is 0 Å². The summed E-state index contributed by atoms with van der Waals surface area (Å²) in [6, 6.07) is 6.56. The van der Waals surface area contributed by atoms with Gasteiger partial charge in [-0.3, -0.25) is 4.98 Å². The van der Waals surface area contributed by atoms with Crippen LogP contribution in [0, 0.1) is 9.39 Å². The molecule has 1 heterocycles. The molecule has 0 fully saturated rings. The van der Waals surface area contributed by atoms with Crippen LogP contribution in [0.1, 0.15) is 0 Å². The molecule has 1 aromatic carbocycles. The van der Waals surface area contributed by atoms with Crippen molar-refractivity contribution in [3.63, 3.8) is 0 Å². The first-order valence-electron chi connectivity index (χ1n) is 5.04. The van der Waals surface area contributed by atoms with E-state index < -0.39 is 0 Å². The van der Waals surface area contributed by atoms with Gasteiger partial charge in [-0.05, 0) is 46.9 Å². The zero-order chi connectivity index (χ0) is 12.3. The lowest BCUT2D eigenvalue weighted by molar-refractivity contribution is 0.627. The molecule has 88 valence electrons. The second-order valence-electron chi connectivity index (χ2n) is 3.46. The van der Waals surface area contributed by atoms with Crippen molar-refractivity contribution in [3.8, 4) is 0 Å². The quantitative estimate of drug-likeness (QED) is 0.836. The Morgan fingerprint density at radius 1 is 1.18 bits per heavy atom. The molecule has 0 radical (unpaired) electrons. The summed E-state index contributed by atoms with van der Waals surface area (Å²) in [4.78, 5) is 4.10. The molecule has 1 aromatic heterocycles. The second-order valence-corrected chi connectivity index (χ2v) is 4.62. The topological polar surface area (TPSA) is 37.0 Å². The van der Waals surface area contributed by atoms with Crippen LogP contribution in [0.5, 0.6) is 0 Å². The Labute approximate surface area is 113 Å². The van der Waals surface area contributed by atoms with E-state index in [0.29, 0.717) is 0 Å². The van der Waals surface area contributed by atoms with Gasteiger partial charge in [0.25, 0.3) is 0 Å². The molecule has 0 bridgehead atoms. The fourth-order valence-electron chi connectivity index (χ4n) is 1.39. The fraction of sp³-hybridized carbons (Fsp3) is 0.0833. The predicted molar refractivity (Wildman–Crippen MR) is 76.2 cm³/mol. The SMILES string of the molecule is CNc1cncc(Nc2ccc(F)cc2I)c1. The third-order valence-corrected chi connectivity index (χ3v) is 3.13. The van der Waals surface area contributed by atoms with E-state index in [1.165, 1.54) is 12.1 Å². The molecule has 0 unspecified atom stereocenters. The number of benzene rings is 1. The van der Waals surface area contributed by atoms with Crippen LogP contribution in [0.3, 0.4) is 0 Å². The van der Waals surface area contributed by atoms with Gasteiger partial charge in [-0.15, -0.1) is 0 Å². The van der Waals surface area contributed by atoms with E-state index >= 15 is 0 Å². The van der Waals surface area contributed by atoms with Crippen molar-refractivity contribution < 1.29 is 4.39 Å². The third kappa shape index (κ3) is 3.06. The zero-order valence-electron chi connectivity index (χ0n) is 9.17. The van der Waals surface area contributed by atoms with Crippen molar-refractivity contribution in [2.24, 2.45) is 0 Å². The van der Waals surface area contributed by atoms with Gasteiger partial charge in [0.1, 0.15) is 5.82 Å². The Bertz CT molecular complexity index is 531. The van der Waals surface area contributed by atoms with Gasteiger partial charge in [0.05, 0.1) is 29.5 Å². The molecule has 2 rings (SSSR count). The van der Waals surface area contributed by atoms with E-state index in [4.69, 9.17) is 0 Å². The summed E-state index contributed by atoms with van der Waals surface area (Å²) in [6.45, 7) is 0. The maximum absolute atomic E-state index is 13.0. The lowest BCUT2D eigenvalue weighted by Crippen LogP contribution is -1.96. The Morgan fingerprint density at radius 2 is 1.94 bits per heavy atom. The molecular formula is C12H11FIN3. The zero-order valence-corrected chi connectivity index (χ0v) is 11.3. The molecular weight excluding hydrogens is 332 g/mol. The first kappa shape index (κ1) is 12.1. The van der Waals surface area contributed by atoms with Gasteiger partial charge in [0, 0.05) is 10.6 Å². The van der Waals surface area contributed by atoms with Crippen molar-refractivity contribution >= 4 is 39.7 Å². The molecule has 2 aromatic rings. The monoisotopic (exact) mass is 343 g/mol. The molecule has 0 aliphatic carbocycles. The van der Waals surface area contributed by atoms with E-state index in [1.54, 1.807) is 18.5 Å². The fourth-order valence-corrected chi connectivity index (χ4v) is 2.00. The Hall–Kier alpha value is -1.37. The lowest BCUT2D eigenvalue weighted by Gasteiger charge is -2.09. The highest BCUT2D eigenvalue weighted by molar-refractivity contribution is 14.1. The van der Waals surface area contributed by atoms with E-state index in [9.17, 15) is 4.39 Å². The minimum atomic E-state index is -0.234. The molecule has 0 amide bonds. The average molecular weight is 343 g/mol. The first-order chi connectivity index (χ1) is 8.19. The number of aromatic nitrogens is 1.